The normalized spacial score (nSPS) is 10.5. The van der Waals surface area contributed by atoms with Gasteiger partial charge in [0.05, 0.1) is 25.9 Å². The lowest BCUT2D eigenvalue weighted by Gasteiger charge is -2.19. The molecule has 0 saturated carbocycles. The number of pyridine rings is 1. The van der Waals surface area contributed by atoms with Gasteiger partial charge in [-0.1, -0.05) is 11.6 Å². The number of aromatic nitrogens is 1. The number of methoxy groups -OCH3 is 2. The van der Waals surface area contributed by atoms with Crippen molar-refractivity contribution in [3.63, 3.8) is 0 Å². The minimum atomic E-state index is -0.707. The highest BCUT2D eigenvalue weighted by Gasteiger charge is 2.26. The Morgan fingerprint density at radius 2 is 1.94 bits per heavy atom. The minimum Gasteiger partial charge on any atom is -0.619 e. The molecule has 0 aliphatic carbocycles. The molecule has 10 heteroatoms. The molecule has 1 amide bonds. The summed E-state index contributed by atoms with van der Waals surface area (Å²) >= 11 is 6.36. The number of hydrogen-bond acceptors (Lipinski definition) is 5. The van der Waals surface area contributed by atoms with Gasteiger partial charge in [-0.3, -0.25) is 9.18 Å². The van der Waals surface area contributed by atoms with E-state index in [0.717, 1.165) is 18.3 Å². The van der Waals surface area contributed by atoms with E-state index in [1.165, 1.54) is 44.7 Å². The van der Waals surface area contributed by atoms with Crippen LogP contribution in [0.1, 0.15) is 15.9 Å². The van der Waals surface area contributed by atoms with Crippen molar-refractivity contribution >= 4 is 23.2 Å². The Hall–Kier alpha value is -3.59. The van der Waals surface area contributed by atoms with Crippen LogP contribution in [0.4, 0.5) is 14.5 Å². The summed E-state index contributed by atoms with van der Waals surface area (Å²) in [6.07, 6.45) is 2.37. The summed E-state index contributed by atoms with van der Waals surface area (Å²) in [6, 6.07) is 7.97. The minimum absolute atomic E-state index is 0.0250. The topological polar surface area (TPSA) is 83.7 Å². The van der Waals surface area contributed by atoms with Crippen LogP contribution in [0.2, 0.25) is 5.02 Å². The molecule has 0 saturated heterocycles. The molecule has 0 atom stereocenters. The first-order valence-corrected chi connectivity index (χ1v) is 9.72. The van der Waals surface area contributed by atoms with E-state index in [1.54, 1.807) is 0 Å². The summed E-state index contributed by atoms with van der Waals surface area (Å²) in [5.41, 5.74) is 0.451. The van der Waals surface area contributed by atoms with Gasteiger partial charge in [-0.05, 0) is 29.8 Å². The molecular formula is C22H19ClF2N2O5. The number of benzene rings is 2. The Labute approximate surface area is 187 Å². The molecule has 0 aliphatic heterocycles. The van der Waals surface area contributed by atoms with Crippen molar-refractivity contribution in [2.75, 3.05) is 26.2 Å². The third kappa shape index (κ3) is 5.00. The largest absolute Gasteiger partial charge is 0.619 e. The average molecular weight is 465 g/mol. The molecule has 1 heterocycles. The quantitative estimate of drug-likeness (QED) is 0.386. The second-order valence-corrected chi connectivity index (χ2v) is 6.88. The van der Waals surface area contributed by atoms with Crippen molar-refractivity contribution in [1.29, 1.82) is 0 Å². The summed E-state index contributed by atoms with van der Waals surface area (Å²) in [5.74, 6) is -1.13. The molecule has 2 aromatic carbocycles. The zero-order valence-electron chi connectivity index (χ0n) is 17.2. The molecule has 7 nitrogen and oxygen atoms in total. The smallest absolute Gasteiger partial charge is 0.263 e. The number of nitrogens with zero attached hydrogens (tertiary/aromatic N) is 1. The number of carbonyl (C=O) groups is 1. The van der Waals surface area contributed by atoms with E-state index in [1.807, 2.05) is 0 Å². The van der Waals surface area contributed by atoms with E-state index >= 15 is 0 Å². The SMILES string of the molecule is COc1cc(F)ccc1Oc1cc(CCF)c(Cl)c(OC)c1C(=O)Nc1ccc[n+]([O-])c1. The average Bonchev–Trinajstić information content (AvgIpc) is 2.76. The van der Waals surface area contributed by atoms with Crippen LogP contribution in [0.5, 0.6) is 23.0 Å². The van der Waals surface area contributed by atoms with Crippen LogP contribution in [0.15, 0.2) is 48.8 Å². The van der Waals surface area contributed by atoms with Gasteiger partial charge in [0.2, 0.25) is 6.20 Å². The van der Waals surface area contributed by atoms with Gasteiger partial charge in [-0.25, -0.2) is 4.39 Å². The van der Waals surface area contributed by atoms with E-state index in [9.17, 15) is 18.8 Å². The number of aryl methyl sites for hydroxylation is 1. The molecule has 0 fully saturated rings. The van der Waals surface area contributed by atoms with Crippen LogP contribution in [-0.2, 0) is 6.42 Å². The van der Waals surface area contributed by atoms with Crippen LogP contribution in [0.3, 0.4) is 0 Å². The molecule has 32 heavy (non-hydrogen) atoms. The zero-order chi connectivity index (χ0) is 23.3. The molecule has 0 bridgehead atoms. The number of anilines is 1. The van der Waals surface area contributed by atoms with Crippen molar-refractivity contribution in [2.24, 2.45) is 0 Å². The number of hydrogen-bond donors (Lipinski definition) is 1. The monoisotopic (exact) mass is 464 g/mol. The number of halogens is 3. The van der Waals surface area contributed by atoms with Crippen LogP contribution >= 0.6 is 11.6 Å². The lowest BCUT2D eigenvalue weighted by Crippen LogP contribution is -2.25. The Morgan fingerprint density at radius 3 is 2.59 bits per heavy atom. The van der Waals surface area contributed by atoms with Crippen LogP contribution in [0, 0.1) is 11.0 Å². The van der Waals surface area contributed by atoms with Crippen LogP contribution in [0.25, 0.3) is 0 Å². The highest BCUT2D eigenvalue weighted by atomic mass is 35.5. The van der Waals surface area contributed by atoms with Crippen molar-refractivity contribution in [2.45, 2.75) is 6.42 Å². The summed E-state index contributed by atoms with van der Waals surface area (Å²) in [6.45, 7) is -0.707. The van der Waals surface area contributed by atoms with Crippen molar-refractivity contribution in [3.05, 3.63) is 76.0 Å². The van der Waals surface area contributed by atoms with Gasteiger partial charge in [0, 0.05) is 18.6 Å². The first-order chi connectivity index (χ1) is 15.4. The van der Waals surface area contributed by atoms with Gasteiger partial charge in [0.25, 0.3) is 5.91 Å². The molecule has 168 valence electrons. The fraction of sp³-hybridized carbons (Fsp3) is 0.182. The zero-order valence-corrected chi connectivity index (χ0v) is 17.9. The predicted molar refractivity (Wildman–Crippen MR) is 114 cm³/mol. The van der Waals surface area contributed by atoms with Gasteiger partial charge in [-0.15, -0.1) is 0 Å². The third-order valence-corrected chi connectivity index (χ3v) is 4.85. The first kappa shape index (κ1) is 23.1. The third-order valence-electron chi connectivity index (χ3n) is 4.43. The van der Waals surface area contributed by atoms with Gasteiger partial charge >= 0.3 is 0 Å². The molecule has 3 rings (SSSR count). The van der Waals surface area contributed by atoms with Gasteiger partial charge in [-0.2, -0.15) is 4.73 Å². The molecule has 0 spiro atoms. The van der Waals surface area contributed by atoms with E-state index in [0.29, 0.717) is 10.3 Å². The number of alkyl halides is 1. The van der Waals surface area contributed by atoms with Gasteiger partial charge in [0.1, 0.15) is 22.8 Å². The molecular weight excluding hydrogens is 446 g/mol. The first-order valence-electron chi connectivity index (χ1n) is 9.34. The summed E-state index contributed by atoms with van der Waals surface area (Å²) in [5, 5.41) is 14.1. The highest BCUT2D eigenvalue weighted by Crippen LogP contribution is 2.42. The number of amides is 1. The maximum Gasteiger partial charge on any atom is 0.263 e. The maximum absolute atomic E-state index is 13.6. The Kier molecular flexibility index (Phi) is 7.32. The van der Waals surface area contributed by atoms with Gasteiger partial charge < -0.3 is 24.7 Å². The Balaban J connectivity index is 2.13. The fourth-order valence-corrected chi connectivity index (χ4v) is 3.32. The highest BCUT2D eigenvalue weighted by molar-refractivity contribution is 6.34. The van der Waals surface area contributed by atoms with E-state index < -0.39 is 18.4 Å². The number of nitrogens with one attached hydrogen (secondary N) is 1. The molecule has 1 aromatic heterocycles. The molecule has 0 radical (unpaired) electrons. The molecule has 0 aliphatic rings. The second-order valence-electron chi connectivity index (χ2n) is 6.50. The Morgan fingerprint density at radius 1 is 1.16 bits per heavy atom. The van der Waals surface area contributed by atoms with E-state index in [-0.39, 0.29) is 45.7 Å². The second kappa shape index (κ2) is 10.1. The van der Waals surface area contributed by atoms with Crippen molar-refractivity contribution < 1.29 is 32.5 Å². The summed E-state index contributed by atoms with van der Waals surface area (Å²) < 4.78 is 43.6. The molecule has 3 aromatic rings. The van der Waals surface area contributed by atoms with Crippen LogP contribution in [-0.4, -0.2) is 26.8 Å². The van der Waals surface area contributed by atoms with Gasteiger partial charge in [0.15, 0.2) is 23.4 Å². The standard InChI is InChI=1S/C22H19ClF2N2O5/c1-30-17-11-14(25)5-6-16(17)32-18-10-13(7-8-24)20(23)21(31-2)19(18)22(28)26-15-4-3-9-27(29)12-15/h3-6,9-12H,7-8H2,1-2H3,(H,26,28). The number of rotatable bonds is 8. The molecule has 1 N–H and O–H groups in total. The number of carbonyl (C=O) groups excluding carboxylic acids is 1. The van der Waals surface area contributed by atoms with Crippen LogP contribution < -0.4 is 24.3 Å². The Bertz CT molecular complexity index is 1140. The summed E-state index contributed by atoms with van der Waals surface area (Å²) in [4.78, 5) is 13.1. The molecule has 0 unspecified atom stereocenters. The lowest BCUT2D eigenvalue weighted by atomic mass is 10.1. The fourth-order valence-electron chi connectivity index (χ4n) is 3.00. The predicted octanol–water partition coefficient (Wildman–Crippen LogP) is 4.69. The maximum atomic E-state index is 13.6. The van der Waals surface area contributed by atoms with Crippen molar-refractivity contribution in [3.8, 4) is 23.0 Å². The number of ether oxygens (including phenoxy) is 3. The van der Waals surface area contributed by atoms with E-state index in [4.69, 9.17) is 25.8 Å². The summed E-state index contributed by atoms with van der Waals surface area (Å²) in [7, 11) is 2.63. The lowest BCUT2D eigenvalue weighted by molar-refractivity contribution is -0.604. The van der Waals surface area contributed by atoms with Crippen molar-refractivity contribution in [1.82, 2.24) is 0 Å². The van der Waals surface area contributed by atoms with E-state index in [2.05, 4.69) is 5.32 Å².